The minimum absolute atomic E-state index is 0.0582. The fourth-order valence-corrected chi connectivity index (χ4v) is 1.94. The van der Waals surface area contributed by atoms with Crippen molar-refractivity contribution in [3.05, 3.63) is 35.2 Å². The molecular formula is C12H8F6N6. The van der Waals surface area contributed by atoms with Gasteiger partial charge in [0.05, 0.1) is 23.7 Å². The monoisotopic (exact) mass is 350 g/mol. The van der Waals surface area contributed by atoms with Crippen LogP contribution in [-0.2, 0) is 12.7 Å². The number of hydrogen-bond acceptors (Lipinski definition) is 5. The summed E-state index contributed by atoms with van der Waals surface area (Å²) in [4.78, 5) is 0.624. The molecule has 2 rings (SSSR count). The summed E-state index contributed by atoms with van der Waals surface area (Å²) in [6.45, 7) is -2.01. The molecule has 12 heteroatoms. The van der Waals surface area contributed by atoms with Gasteiger partial charge in [0.2, 0.25) is 0 Å². The highest BCUT2D eigenvalue weighted by Crippen LogP contribution is 2.35. The number of nitrogens with zero attached hydrogens (tertiary/aromatic N) is 5. The van der Waals surface area contributed by atoms with Gasteiger partial charge in [-0.25, -0.2) is 5.10 Å². The van der Waals surface area contributed by atoms with Gasteiger partial charge in [-0.15, -0.1) is 5.10 Å². The number of aromatic nitrogens is 4. The van der Waals surface area contributed by atoms with Crippen molar-refractivity contribution in [2.24, 2.45) is 0 Å². The summed E-state index contributed by atoms with van der Waals surface area (Å²) in [5.74, 6) is -0.0582. The van der Waals surface area contributed by atoms with Crippen LogP contribution < -0.4 is 4.90 Å². The van der Waals surface area contributed by atoms with Crippen LogP contribution in [0.3, 0.4) is 0 Å². The number of aromatic amines is 1. The zero-order valence-corrected chi connectivity index (χ0v) is 11.7. The van der Waals surface area contributed by atoms with E-state index in [0.717, 1.165) is 12.1 Å². The lowest BCUT2D eigenvalue weighted by Crippen LogP contribution is -2.34. The summed E-state index contributed by atoms with van der Waals surface area (Å²) < 4.78 is 77.1. The third kappa shape index (κ3) is 4.34. The standard InChI is InChI=1S/C12H8F6N6/c13-11(14,15)6-24(5-10-20-22-23-21-10)8-2-1-7(4-19)9(3-8)12(16,17)18/h1-3H,5-6H2,(H,20,21,22,23). The normalized spacial score (nSPS) is 12.0. The third-order valence-electron chi connectivity index (χ3n) is 2.89. The van der Waals surface area contributed by atoms with Crippen molar-refractivity contribution in [3.8, 4) is 6.07 Å². The van der Waals surface area contributed by atoms with Crippen LogP contribution in [0.4, 0.5) is 32.0 Å². The van der Waals surface area contributed by atoms with E-state index >= 15 is 0 Å². The van der Waals surface area contributed by atoms with E-state index in [0.29, 0.717) is 11.0 Å². The number of H-pyrrole nitrogens is 1. The summed E-state index contributed by atoms with van der Waals surface area (Å²) in [5.41, 5.74) is -2.36. The molecule has 0 amide bonds. The van der Waals surface area contributed by atoms with E-state index in [9.17, 15) is 26.3 Å². The summed E-state index contributed by atoms with van der Waals surface area (Å²) in [7, 11) is 0. The Bertz CT molecular complexity index is 730. The molecule has 0 atom stereocenters. The summed E-state index contributed by atoms with van der Waals surface area (Å²) >= 11 is 0. The second-order valence-electron chi connectivity index (χ2n) is 4.66. The number of anilines is 1. The van der Waals surface area contributed by atoms with Crippen LogP contribution in [0.5, 0.6) is 0 Å². The lowest BCUT2D eigenvalue weighted by atomic mass is 10.1. The zero-order valence-electron chi connectivity index (χ0n) is 11.7. The minimum Gasteiger partial charge on any atom is -0.355 e. The molecule has 1 aromatic heterocycles. The predicted molar refractivity (Wildman–Crippen MR) is 67.4 cm³/mol. The fourth-order valence-electron chi connectivity index (χ4n) is 1.94. The molecule has 1 heterocycles. The molecule has 1 aromatic carbocycles. The zero-order chi connectivity index (χ0) is 18.0. The quantitative estimate of drug-likeness (QED) is 0.858. The maximum Gasteiger partial charge on any atom is 0.417 e. The average Bonchev–Trinajstić information content (AvgIpc) is 2.96. The van der Waals surface area contributed by atoms with Crippen molar-refractivity contribution in [1.29, 1.82) is 5.26 Å². The topological polar surface area (TPSA) is 81.5 Å². The number of hydrogen-bond donors (Lipinski definition) is 1. The van der Waals surface area contributed by atoms with Crippen molar-refractivity contribution in [3.63, 3.8) is 0 Å². The van der Waals surface area contributed by atoms with E-state index in [-0.39, 0.29) is 11.5 Å². The van der Waals surface area contributed by atoms with Gasteiger partial charge in [-0.3, -0.25) is 0 Å². The fraction of sp³-hybridized carbons (Fsp3) is 0.333. The first-order valence-electron chi connectivity index (χ1n) is 6.26. The molecular weight excluding hydrogens is 342 g/mol. The average molecular weight is 350 g/mol. The first-order chi connectivity index (χ1) is 11.1. The number of nitriles is 1. The smallest absolute Gasteiger partial charge is 0.355 e. The Morgan fingerprint density at radius 2 is 1.88 bits per heavy atom. The number of alkyl halides is 6. The Morgan fingerprint density at radius 1 is 1.17 bits per heavy atom. The van der Waals surface area contributed by atoms with E-state index in [2.05, 4.69) is 20.6 Å². The molecule has 0 spiro atoms. The van der Waals surface area contributed by atoms with Gasteiger partial charge in [0.15, 0.2) is 5.82 Å². The lowest BCUT2D eigenvalue weighted by Gasteiger charge is -2.25. The van der Waals surface area contributed by atoms with Gasteiger partial charge in [0.1, 0.15) is 6.54 Å². The molecule has 6 nitrogen and oxygen atoms in total. The van der Waals surface area contributed by atoms with Crippen molar-refractivity contribution < 1.29 is 26.3 Å². The van der Waals surface area contributed by atoms with Crippen LogP contribution in [0.1, 0.15) is 17.0 Å². The van der Waals surface area contributed by atoms with E-state index in [4.69, 9.17) is 5.26 Å². The first kappa shape index (κ1) is 17.5. The molecule has 0 aliphatic heterocycles. The Kier molecular flexibility index (Phi) is 4.63. The summed E-state index contributed by atoms with van der Waals surface area (Å²) in [5, 5.41) is 20.8. The van der Waals surface area contributed by atoms with E-state index in [1.54, 1.807) is 0 Å². The molecule has 0 saturated carbocycles. The summed E-state index contributed by atoms with van der Waals surface area (Å²) in [6, 6.07) is 3.68. The Balaban J connectivity index is 2.44. The molecule has 0 aliphatic rings. The molecule has 0 radical (unpaired) electrons. The third-order valence-corrected chi connectivity index (χ3v) is 2.89. The van der Waals surface area contributed by atoms with Gasteiger partial charge in [-0.1, -0.05) is 0 Å². The molecule has 2 aromatic rings. The number of tetrazole rings is 1. The van der Waals surface area contributed by atoms with Crippen LogP contribution in [0.2, 0.25) is 0 Å². The number of nitrogens with one attached hydrogen (secondary N) is 1. The second kappa shape index (κ2) is 6.34. The van der Waals surface area contributed by atoms with Gasteiger partial charge in [0, 0.05) is 5.69 Å². The predicted octanol–water partition coefficient (Wildman–Crippen LogP) is 2.66. The van der Waals surface area contributed by atoms with E-state index in [1.807, 2.05) is 0 Å². The molecule has 0 saturated heterocycles. The SMILES string of the molecule is N#Cc1ccc(N(Cc2nnn[nH]2)CC(F)(F)F)cc1C(F)(F)F. The number of rotatable bonds is 4. The van der Waals surface area contributed by atoms with Gasteiger partial charge >= 0.3 is 12.4 Å². The molecule has 0 aliphatic carbocycles. The van der Waals surface area contributed by atoms with Crippen LogP contribution in [0.15, 0.2) is 18.2 Å². The molecule has 0 bridgehead atoms. The first-order valence-corrected chi connectivity index (χ1v) is 6.26. The maximum atomic E-state index is 13.0. The van der Waals surface area contributed by atoms with Crippen LogP contribution in [-0.4, -0.2) is 33.3 Å². The molecule has 0 fully saturated rings. The van der Waals surface area contributed by atoms with E-state index < -0.39 is 36.6 Å². The molecule has 1 N–H and O–H groups in total. The van der Waals surface area contributed by atoms with E-state index in [1.165, 1.54) is 6.07 Å². The number of halogens is 6. The highest BCUT2D eigenvalue weighted by atomic mass is 19.4. The second-order valence-corrected chi connectivity index (χ2v) is 4.66. The Morgan fingerprint density at radius 3 is 2.38 bits per heavy atom. The van der Waals surface area contributed by atoms with Crippen LogP contribution in [0.25, 0.3) is 0 Å². The minimum atomic E-state index is -4.88. The highest BCUT2D eigenvalue weighted by Gasteiger charge is 2.36. The molecule has 0 unspecified atom stereocenters. The Labute approximate surface area is 130 Å². The van der Waals surface area contributed by atoms with Crippen molar-refractivity contribution in [1.82, 2.24) is 20.6 Å². The highest BCUT2D eigenvalue weighted by molar-refractivity contribution is 5.55. The van der Waals surface area contributed by atoms with Crippen molar-refractivity contribution >= 4 is 5.69 Å². The Hall–Kier alpha value is -2.84. The lowest BCUT2D eigenvalue weighted by molar-refractivity contribution is -0.137. The molecule has 128 valence electrons. The van der Waals surface area contributed by atoms with Crippen molar-refractivity contribution in [2.45, 2.75) is 18.9 Å². The van der Waals surface area contributed by atoms with Crippen molar-refractivity contribution in [2.75, 3.05) is 11.4 Å². The van der Waals surface area contributed by atoms with Gasteiger partial charge < -0.3 is 4.90 Å². The van der Waals surface area contributed by atoms with Crippen LogP contribution >= 0.6 is 0 Å². The van der Waals surface area contributed by atoms with Gasteiger partial charge in [0.25, 0.3) is 0 Å². The van der Waals surface area contributed by atoms with Crippen LogP contribution in [0, 0.1) is 11.3 Å². The maximum absolute atomic E-state index is 13.0. The van der Waals surface area contributed by atoms with Gasteiger partial charge in [-0.2, -0.15) is 31.6 Å². The largest absolute Gasteiger partial charge is 0.417 e. The molecule has 24 heavy (non-hydrogen) atoms. The summed E-state index contributed by atoms with van der Waals surface area (Å²) in [6.07, 6.45) is -9.54. The van der Waals surface area contributed by atoms with Gasteiger partial charge in [-0.05, 0) is 28.6 Å². The number of benzene rings is 1.